The average Bonchev–Trinajstić information content (AvgIpc) is 3.29. The molecule has 4 rings (SSSR count). The third-order valence-corrected chi connectivity index (χ3v) is 3.23. The van der Waals surface area contributed by atoms with Gasteiger partial charge in [-0.05, 0) is 17.3 Å². The molecule has 1 atom stereocenters. The summed E-state index contributed by atoms with van der Waals surface area (Å²) in [5.41, 5.74) is 2.19. The first-order valence-corrected chi connectivity index (χ1v) is 6.35. The minimum absolute atomic E-state index is 0.419. The molecule has 4 heterocycles. The van der Waals surface area contributed by atoms with Crippen LogP contribution in [-0.4, -0.2) is 57.7 Å². The molecule has 110 valence electrons. The van der Waals surface area contributed by atoms with E-state index in [1.165, 1.54) is 0 Å². The number of hydrogen-bond acceptors (Lipinski definition) is 8. The Hall–Kier alpha value is -3.21. The summed E-state index contributed by atoms with van der Waals surface area (Å²) in [6.45, 7) is 0. The first kappa shape index (κ1) is 12.5. The molecule has 2 N–H and O–H groups in total. The van der Waals surface area contributed by atoms with Crippen molar-refractivity contribution in [1.29, 1.82) is 0 Å². The number of nitrogens with zero attached hydrogens (tertiary/aromatic N) is 8. The second-order valence-electron chi connectivity index (χ2n) is 4.41. The van der Waals surface area contributed by atoms with Crippen molar-refractivity contribution in [2.75, 3.05) is 7.11 Å². The van der Waals surface area contributed by atoms with Crippen molar-refractivity contribution in [3.05, 3.63) is 35.9 Å². The third kappa shape index (κ3) is 1.83. The van der Waals surface area contributed by atoms with Gasteiger partial charge >= 0.3 is 0 Å². The van der Waals surface area contributed by atoms with E-state index in [9.17, 15) is 0 Å². The van der Waals surface area contributed by atoms with Gasteiger partial charge in [0.15, 0.2) is 6.10 Å². The predicted molar refractivity (Wildman–Crippen MR) is 71.4 cm³/mol. The Kier molecular flexibility index (Phi) is 2.83. The number of aromatic amines is 2. The molecule has 0 spiro atoms. The predicted octanol–water partition coefficient (Wildman–Crippen LogP) is -0.237. The molecule has 0 aromatic carbocycles. The number of fused-ring (bicyclic) bond motifs is 1. The number of hydrogen-bond donors (Lipinski definition) is 2. The van der Waals surface area contributed by atoms with Crippen molar-refractivity contribution < 1.29 is 4.74 Å². The smallest absolute Gasteiger partial charge is 0.223 e. The van der Waals surface area contributed by atoms with Gasteiger partial charge in [-0.25, -0.2) is 4.98 Å². The van der Waals surface area contributed by atoms with Crippen LogP contribution in [0.2, 0.25) is 0 Å². The third-order valence-electron chi connectivity index (χ3n) is 3.23. The van der Waals surface area contributed by atoms with Crippen LogP contribution in [0.5, 0.6) is 0 Å². The lowest BCUT2D eigenvalue weighted by Crippen LogP contribution is -2.11. The summed E-state index contributed by atoms with van der Waals surface area (Å²) in [5.74, 6) is 0.852. The van der Waals surface area contributed by atoms with Gasteiger partial charge in [-0.2, -0.15) is 10.4 Å². The molecule has 0 bridgehead atoms. The first-order valence-electron chi connectivity index (χ1n) is 6.35. The highest BCUT2D eigenvalue weighted by Crippen LogP contribution is 2.26. The maximum Gasteiger partial charge on any atom is 0.223 e. The van der Waals surface area contributed by atoms with E-state index in [1.54, 1.807) is 13.3 Å². The van der Waals surface area contributed by atoms with Gasteiger partial charge in [0.25, 0.3) is 0 Å². The maximum atomic E-state index is 5.53. The topological polar surface area (TPSA) is 135 Å². The van der Waals surface area contributed by atoms with Crippen LogP contribution in [0.1, 0.15) is 17.6 Å². The van der Waals surface area contributed by atoms with Gasteiger partial charge in [-0.1, -0.05) is 11.3 Å². The fraction of sp³-hybridized carbons (Fsp3) is 0.182. The van der Waals surface area contributed by atoms with E-state index in [-0.39, 0.29) is 0 Å². The van der Waals surface area contributed by atoms with Crippen LogP contribution in [0.25, 0.3) is 17.2 Å². The standard InChI is InChI=1S/C11H10N10O/c1-22-9(11-15-19-20-16-11)6-3-2-4-8-12-5-7(21(6)8)10-13-17-18-14-10/h2-5,9H,1H3,(H,13,14,17,18)(H,15,16,19,20). The fourth-order valence-corrected chi connectivity index (χ4v) is 2.33. The minimum Gasteiger partial charge on any atom is -0.367 e. The quantitative estimate of drug-likeness (QED) is 0.527. The van der Waals surface area contributed by atoms with Crippen LogP contribution in [-0.2, 0) is 4.74 Å². The number of rotatable bonds is 4. The molecule has 22 heavy (non-hydrogen) atoms. The van der Waals surface area contributed by atoms with Crippen LogP contribution >= 0.6 is 0 Å². The highest BCUT2D eigenvalue weighted by atomic mass is 16.5. The maximum absolute atomic E-state index is 5.53. The molecule has 0 aliphatic carbocycles. The van der Waals surface area contributed by atoms with E-state index >= 15 is 0 Å². The van der Waals surface area contributed by atoms with E-state index in [2.05, 4.69) is 46.2 Å². The second-order valence-corrected chi connectivity index (χ2v) is 4.41. The molecule has 4 aromatic rings. The first-order chi connectivity index (χ1) is 10.9. The summed E-state index contributed by atoms with van der Waals surface area (Å²) in [6, 6.07) is 5.64. The van der Waals surface area contributed by atoms with Crippen LogP contribution in [0.4, 0.5) is 0 Å². The number of H-pyrrole nitrogens is 2. The van der Waals surface area contributed by atoms with E-state index in [4.69, 9.17) is 4.74 Å². The van der Waals surface area contributed by atoms with Crippen LogP contribution < -0.4 is 0 Å². The van der Waals surface area contributed by atoms with Crippen molar-refractivity contribution >= 4 is 5.65 Å². The summed E-state index contributed by atoms with van der Waals surface area (Å²) in [4.78, 5) is 4.35. The summed E-state index contributed by atoms with van der Waals surface area (Å²) < 4.78 is 7.40. The SMILES string of the molecule is COC(c1nn[nH]n1)c1cccc2ncc(-c3nn[nH]n3)n12. The minimum atomic E-state index is -0.512. The zero-order valence-corrected chi connectivity index (χ0v) is 11.4. The number of tetrazole rings is 2. The Morgan fingerprint density at radius 2 is 2.00 bits per heavy atom. The number of ether oxygens (including phenoxy) is 1. The Labute approximate surface area is 122 Å². The summed E-state index contributed by atoms with van der Waals surface area (Å²) in [7, 11) is 1.57. The van der Waals surface area contributed by atoms with Gasteiger partial charge in [0.1, 0.15) is 11.3 Å². The van der Waals surface area contributed by atoms with E-state index in [1.807, 2.05) is 22.6 Å². The summed E-state index contributed by atoms with van der Waals surface area (Å²) in [5, 5.41) is 28.0. The molecule has 0 aliphatic heterocycles. The Bertz CT molecular complexity index is 881. The lowest BCUT2D eigenvalue weighted by atomic mass is 10.2. The number of aromatic nitrogens is 10. The van der Waals surface area contributed by atoms with Gasteiger partial charge in [-0.3, -0.25) is 4.40 Å². The molecule has 0 saturated carbocycles. The zero-order valence-electron chi connectivity index (χ0n) is 11.4. The lowest BCUT2D eigenvalue weighted by Gasteiger charge is -2.14. The Morgan fingerprint density at radius 1 is 1.14 bits per heavy atom. The van der Waals surface area contributed by atoms with Crippen molar-refractivity contribution in [2.24, 2.45) is 0 Å². The molecule has 0 fully saturated rings. The van der Waals surface area contributed by atoms with Gasteiger partial charge in [0.05, 0.1) is 11.9 Å². The molecule has 4 aromatic heterocycles. The highest BCUT2D eigenvalue weighted by molar-refractivity contribution is 5.57. The number of methoxy groups -OCH3 is 1. The Morgan fingerprint density at radius 3 is 2.73 bits per heavy atom. The molecule has 0 radical (unpaired) electrons. The summed E-state index contributed by atoms with van der Waals surface area (Å²) >= 11 is 0. The molecule has 11 heteroatoms. The number of pyridine rings is 1. The van der Waals surface area contributed by atoms with Gasteiger partial charge in [0, 0.05) is 7.11 Å². The van der Waals surface area contributed by atoms with Crippen LogP contribution in [0.3, 0.4) is 0 Å². The van der Waals surface area contributed by atoms with Gasteiger partial charge in [-0.15, -0.1) is 20.4 Å². The van der Waals surface area contributed by atoms with Gasteiger partial charge in [0.2, 0.25) is 11.6 Å². The Balaban J connectivity index is 1.96. The molecular weight excluding hydrogens is 288 g/mol. The van der Waals surface area contributed by atoms with Crippen molar-refractivity contribution in [3.8, 4) is 11.5 Å². The van der Waals surface area contributed by atoms with Crippen molar-refractivity contribution in [3.63, 3.8) is 0 Å². The highest BCUT2D eigenvalue weighted by Gasteiger charge is 2.23. The molecular formula is C11H10N10O. The van der Waals surface area contributed by atoms with Crippen LogP contribution in [0.15, 0.2) is 24.4 Å². The zero-order chi connectivity index (χ0) is 14.9. The van der Waals surface area contributed by atoms with Gasteiger partial charge < -0.3 is 4.74 Å². The fourth-order valence-electron chi connectivity index (χ4n) is 2.33. The molecule has 1 unspecified atom stereocenters. The normalized spacial score (nSPS) is 12.8. The van der Waals surface area contributed by atoms with Crippen molar-refractivity contribution in [1.82, 2.24) is 50.6 Å². The average molecular weight is 298 g/mol. The molecule has 0 aliphatic rings. The van der Waals surface area contributed by atoms with E-state index < -0.39 is 6.10 Å². The molecule has 11 nitrogen and oxygen atoms in total. The van der Waals surface area contributed by atoms with E-state index in [0.717, 1.165) is 11.3 Å². The number of nitrogens with one attached hydrogen (secondary N) is 2. The van der Waals surface area contributed by atoms with Crippen LogP contribution in [0, 0.1) is 0 Å². The van der Waals surface area contributed by atoms with E-state index in [0.29, 0.717) is 17.3 Å². The van der Waals surface area contributed by atoms with Crippen molar-refractivity contribution in [2.45, 2.75) is 6.10 Å². The largest absolute Gasteiger partial charge is 0.367 e. The lowest BCUT2D eigenvalue weighted by molar-refractivity contribution is 0.124. The number of imidazole rings is 1. The summed E-state index contributed by atoms with van der Waals surface area (Å²) in [6.07, 6.45) is 1.16. The second kappa shape index (κ2) is 4.96. The molecule has 0 saturated heterocycles. The molecule has 0 amide bonds. The monoisotopic (exact) mass is 298 g/mol.